The highest BCUT2D eigenvalue weighted by Crippen LogP contribution is 2.35. The van der Waals surface area contributed by atoms with E-state index in [1.54, 1.807) is 35.6 Å². The predicted octanol–water partition coefficient (Wildman–Crippen LogP) is 4.66. The second-order valence-corrected chi connectivity index (χ2v) is 12.3. The van der Waals surface area contributed by atoms with E-state index in [0.717, 1.165) is 36.1 Å². The largest absolute Gasteiger partial charge is 0.491 e. The molecule has 1 saturated carbocycles. The van der Waals surface area contributed by atoms with Crippen LogP contribution in [0.15, 0.2) is 70.9 Å². The van der Waals surface area contributed by atoms with E-state index in [9.17, 15) is 13.2 Å². The van der Waals surface area contributed by atoms with E-state index in [1.165, 1.54) is 9.18 Å². The third-order valence-electron chi connectivity index (χ3n) is 6.70. The summed E-state index contributed by atoms with van der Waals surface area (Å²) in [6, 6.07) is 18.2. The number of para-hydroxylation sites is 1. The second-order valence-electron chi connectivity index (χ2n) is 9.33. The van der Waals surface area contributed by atoms with Gasteiger partial charge < -0.3 is 9.64 Å². The molecule has 1 amide bonds. The van der Waals surface area contributed by atoms with Crippen LogP contribution in [0.1, 0.15) is 34.9 Å². The molecule has 3 aromatic rings. The molecule has 5 rings (SSSR count). The van der Waals surface area contributed by atoms with E-state index >= 15 is 0 Å². The first-order valence-corrected chi connectivity index (χ1v) is 14.3. The Morgan fingerprint density at radius 2 is 1.83 bits per heavy atom. The number of hydrogen-bond donors (Lipinski definition) is 0. The zero-order valence-electron chi connectivity index (χ0n) is 19.8. The number of rotatable bonds is 9. The molecule has 1 aliphatic carbocycles. The quantitative estimate of drug-likeness (QED) is 0.420. The first kappa shape index (κ1) is 24.0. The molecule has 0 unspecified atom stereocenters. The van der Waals surface area contributed by atoms with E-state index in [-0.39, 0.29) is 23.4 Å². The van der Waals surface area contributed by atoms with Gasteiger partial charge in [0.15, 0.2) is 0 Å². The summed E-state index contributed by atoms with van der Waals surface area (Å²) in [7, 11) is -3.77. The molecule has 2 aromatic carbocycles. The van der Waals surface area contributed by atoms with Gasteiger partial charge in [-0.05, 0) is 73.4 Å². The molecular weight excluding hydrogens is 480 g/mol. The Kier molecular flexibility index (Phi) is 6.95. The molecule has 1 fully saturated rings. The lowest BCUT2D eigenvalue weighted by Gasteiger charge is -2.37. The number of nitrogens with zero attached hydrogens (tertiary/aromatic N) is 2. The molecule has 0 spiro atoms. The topological polar surface area (TPSA) is 66.9 Å². The lowest BCUT2D eigenvalue weighted by molar-refractivity contribution is -0.135. The number of ether oxygens (including phenoxy) is 1. The normalized spacial score (nSPS) is 17.9. The van der Waals surface area contributed by atoms with Gasteiger partial charge in [0.1, 0.15) is 12.4 Å². The van der Waals surface area contributed by atoms with Crippen molar-refractivity contribution in [3.63, 3.8) is 0 Å². The van der Waals surface area contributed by atoms with Crippen LogP contribution in [0.5, 0.6) is 5.75 Å². The molecule has 184 valence electrons. The molecule has 6 nitrogen and oxygen atoms in total. The highest BCUT2D eigenvalue weighted by atomic mass is 32.2. The van der Waals surface area contributed by atoms with Gasteiger partial charge in [0.25, 0.3) is 0 Å². The molecular formula is C27H30N2O4S2. The third kappa shape index (κ3) is 5.44. The van der Waals surface area contributed by atoms with Crippen LogP contribution in [0.3, 0.4) is 0 Å². The molecule has 2 heterocycles. The van der Waals surface area contributed by atoms with Crippen molar-refractivity contribution in [1.82, 2.24) is 9.21 Å². The van der Waals surface area contributed by atoms with Crippen molar-refractivity contribution in [1.29, 1.82) is 0 Å². The van der Waals surface area contributed by atoms with Gasteiger partial charge in [0, 0.05) is 18.0 Å². The van der Waals surface area contributed by atoms with Crippen LogP contribution in [0.2, 0.25) is 0 Å². The molecule has 8 heteroatoms. The van der Waals surface area contributed by atoms with Crippen LogP contribution in [0.4, 0.5) is 0 Å². The highest BCUT2D eigenvalue weighted by Gasteiger charge is 2.37. The maximum absolute atomic E-state index is 13.7. The fourth-order valence-electron chi connectivity index (χ4n) is 4.50. The van der Waals surface area contributed by atoms with Crippen molar-refractivity contribution in [2.24, 2.45) is 5.92 Å². The van der Waals surface area contributed by atoms with Crippen LogP contribution in [-0.4, -0.2) is 49.8 Å². The van der Waals surface area contributed by atoms with Crippen LogP contribution >= 0.6 is 11.3 Å². The molecule has 1 atom stereocenters. The number of hydrogen-bond acceptors (Lipinski definition) is 5. The Labute approximate surface area is 211 Å². The number of thiophene rings is 1. The standard InChI is InChI=1S/C27H30N2O4S2/c1-20-7-11-23(12-8-20)35(31,32)28(17-21-9-10-21)18-27(30)29-15-13-26-24(14-16-34-26)25(29)19-33-22-5-3-2-4-6-22/h2-8,11-12,14,16,21,25H,9-10,13,15,17-19H2,1H3/t25-/m1/s1. The summed E-state index contributed by atoms with van der Waals surface area (Å²) >= 11 is 1.70. The number of carbonyl (C=O) groups excluding carboxylic acids is 1. The average Bonchev–Trinajstić information content (AvgIpc) is 3.55. The van der Waals surface area contributed by atoms with Gasteiger partial charge in [-0.3, -0.25) is 4.79 Å². The molecule has 0 bridgehead atoms. The number of aryl methyl sites for hydroxylation is 1. The van der Waals surface area contributed by atoms with Crippen molar-refractivity contribution in [3.8, 4) is 5.75 Å². The zero-order valence-corrected chi connectivity index (χ0v) is 21.4. The Bertz CT molecular complexity index is 1270. The van der Waals surface area contributed by atoms with Crippen molar-refractivity contribution < 1.29 is 17.9 Å². The number of sulfonamides is 1. The van der Waals surface area contributed by atoms with Gasteiger partial charge >= 0.3 is 0 Å². The maximum Gasteiger partial charge on any atom is 0.243 e. The summed E-state index contributed by atoms with van der Waals surface area (Å²) in [6.07, 6.45) is 2.78. The average molecular weight is 511 g/mol. The molecule has 1 aromatic heterocycles. The maximum atomic E-state index is 13.7. The van der Waals surface area contributed by atoms with Crippen molar-refractivity contribution >= 4 is 27.3 Å². The number of fused-ring (bicyclic) bond motifs is 1. The zero-order chi connectivity index (χ0) is 24.4. The summed E-state index contributed by atoms with van der Waals surface area (Å²) < 4.78 is 34.5. The smallest absolute Gasteiger partial charge is 0.243 e. The summed E-state index contributed by atoms with van der Waals surface area (Å²) in [6.45, 7) is 3.02. The summed E-state index contributed by atoms with van der Waals surface area (Å²) in [5.41, 5.74) is 2.09. The monoisotopic (exact) mass is 510 g/mol. The summed E-state index contributed by atoms with van der Waals surface area (Å²) in [5.74, 6) is 0.893. The van der Waals surface area contributed by atoms with Gasteiger partial charge in [0.2, 0.25) is 15.9 Å². The Hall–Kier alpha value is -2.68. The van der Waals surface area contributed by atoms with Crippen molar-refractivity contribution in [3.05, 3.63) is 82.0 Å². The van der Waals surface area contributed by atoms with Crippen molar-refractivity contribution in [2.75, 3.05) is 26.2 Å². The van der Waals surface area contributed by atoms with Crippen LogP contribution in [0.25, 0.3) is 0 Å². The highest BCUT2D eigenvalue weighted by molar-refractivity contribution is 7.89. The Morgan fingerprint density at radius 3 is 2.54 bits per heavy atom. The Balaban J connectivity index is 1.37. The minimum absolute atomic E-state index is 0.159. The van der Waals surface area contributed by atoms with E-state index < -0.39 is 10.0 Å². The van der Waals surface area contributed by atoms with E-state index in [0.29, 0.717) is 25.6 Å². The molecule has 1 aliphatic heterocycles. The van der Waals surface area contributed by atoms with Gasteiger partial charge in [-0.25, -0.2) is 8.42 Å². The molecule has 0 N–H and O–H groups in total. The SMILES string of the molecule is Cc1ccc(S(=O)(=O)N(CC(=O)N2CCc3sccc3[C@H]2COc2ccccc2)CC2CC2)cc1. The summed E-state index contributed by atoms with van der Waals surface area (Å²) in [4.78, 5) is 17.0. The fraction of sp³-hybridized carbons (Fsp3) is 0.370. The first-order chi connectivity index (χ1) is 16.9. The van der Waals surface area contributed by atoms with Gasteiger partial charge in [-0.2, -0.15) is 4.31 Å². The van der Waals surface area contributed by atoms with E-state index in [4.69, 9.17) is 4.74 Å². The molecule has 0 radical (unpaired) electrons. The van der Waals surface area contributed by atoms with E-state index in [1.807, 2.05) is 42.2 Å². The van der Waals surface area contributed by atoms with Gasteiger partial charge in [-0.1, -0.05) is 35.9 Å². The fourth-order valence-corrected chi connectivity index (χ4v) is 6.90. The number of carbonyl (C=O) groups is 1. The molecule has 0 saturated heterocycles. The lowest BCUT2D eigenvalue weighted by atomic mass is 10.0. The Morgan fingerprint density at radius 1 is 1.09 bits per heavy atom. The summed E-state index contributed by atoms with van der Waals surface area (Å²) in [5, 5.41) is 2.05. The van der Waals surface area contributed by atoms with Gasteiger partial charge in [0.05, 0.1) is 17.5 Å². The lowest BCUT2D eigenvalue weighted by Crippen LogP contribution is -2.48. The predicted molar refractivity (Wildman–Crippen MR) is 137 cm³/mol. The first-order valence-electron chi connectivity index (χ1n) is 12.0. The third-order valence-corrected chi connectivity index (χ3v) is 9.52. The number of benzene rings is 2. The molecule has 2 aliphatic rings. The van der Waals surface area contributed by atoms with Crippen molar-refractivity contribution in [2.45, 2.75) is 37.1 Å². The number of amides is 1. The van der Waals surface area contributed by atoms with Crippen LogP contribution in [-0.2, 0) is 21.2 Å². The van der Waals surface area contributed by atoms with E-state index in [2.05, 4.69) is 11.4 Å². The second kappa shape index (κ2) is 10.1. The van der Waals surface area contributed by atoms with Crippen LogP contribution < -0.4 is 4.74 Å². The minimum atomic E-state index is -3.77. The minimum Gasteiger partial charge on any atom is -0.491 e. The molecule has 35 heavy (non-hydrogen) atoms. The van der Waals surface area contributed by atoms with Crippen LogP contribution in [0, 0.1) is 12.8 Å². The van der Waals surface area contributed by atoms with Gasteiger partial charge in [-0.15, -0.1) is 11.3 Å².